The number of para-hydroxylation sites is 1. The number of hydrogen-bond donors (Lipinski definition) is 0. The molecule has 0 radical (unpaired) electrons. The zero-order valence-corrected chi connectivity index (χ0v) is 9.20. The Balaban J connectivity index is 2.43. The van der Waals surface area contributed by atoms with E-state index >= 15 is 0 Å². The molecule has 6 nitrogen and oxygen atoms in total. The molecule has 1 aromatic carbocycles. The lowest BCUT2D eigenvalue weighted by Crippen LogP contribution is -2.17. The summed E-state index contributed by atoms with van der Waals surface area (Å²) in [5, 5.41) is 21.4. The average Bonchev–Trinajstić information content (AvgIpc) is 3.03. The third kappa shape index (κ3) is 2.23. The van der Waals surface area contributed by atoms with Crippen LogP contribution in [0.4, 0.5) is 18.9 Å². The maximum Gasteiger partial charge on any atom is 0.399 e. The second kappa shape index (κ2) is 4.18. The van der Waals surface area contributed by atoms with Crippen LogP contribution in [0.1, 0.15) is 11.5 Å². The zero-order chi connectivity index (χ0) is 14.4. The first kappa shape index (κ1) is 13.2. The highest BCUT2D eigenvalue weighted by molar-refractivity contribution is 5.47. The van der Waals surface area contributed by atoms with Crippen molar-refractivity contribution in [1.29, 1.82) is 0 Å². The van der Waals surface area contributed by atoms with Crippen LogP contribution in [0.5, 0.6) is 0 Å². The molecule has 0 aromatic heterocycles. The van der Waals surface area contributed by atoms with Gasteiger partial charge in [-0.2, -0.15) is 13.2 Å². The number of nitrogens with zero attached hydrogens (tertiary/aromatic N) is 2. The van der Waals surface area contributed by atoms with E-state index in [-0.39, 0.29) is 5.56 Å². The highest BCUT2D eigenvalue weighted by atomic mass is 19.4. The Kier molecular flexibility index (Phi) is 2.91. The lowest BCUT2D eigenvalue weighted by molar-refractivity contribution is -0.503. The third-order valence-electron chi connectivity index (χ3n) is 3.10. The topological polar surface area (TPSA) is 86.3 Å². The highest BCUT2D eigenvalue weighted by Gasteiger charge is 2.73. The molecule has 2 rings (SSSR count). The maximum absolute atomic E-state index is 12.6. The molecule has 0 saturated heterocycles. The van der Waals surface area contributed by atoms with Crippen molar-refractivity contribution >= 4 is 5.69 Å². The summed E-state index contributed by atoms with van der Waals surface area (Å²) in [5.41, 5.74) is -0.761. The predicted octanol–water partition coefficient (Wildman–Crippen LogP) is 2.52. The van der Waals surface area contributed by atoms with Gasteiger partial charge in [0.1, 0.15) is 5.92 Å². The summed E-state index contributed by atoms with van der Waals surface area (Å²) < 4.78 is 37.9. The van der Waals surface area contributed by atoms with Crippen molar-refractivity contribution < 1.29 is 23.0 Å². The molecule has 0 heterocycles. The molecule has 0 N–H and O–H groups in total. The van der Waals surface area contributed by atoms with E-state index in [1.807, 2.05) is 0 Å². The zero-order valence-electron chi connectivity index (χ0n) is 9.20. The quantitative estimate of drug-likeness (QED) is 0.627. The second-order valence-corrected chi connectivity index (χ2v) is 4.19. The molecular formula is C10H7F3N2O4. The summed E-state index contributed by atoms with van der Waals surface area (Å²) >= 11 is 0. The van der Waals surface area contributed by atoms with Crippen LogP contribution in [0.2, 0.25) is 0 Å². The van der Waals surface area contributed by atoms with Gasteiger partial charge in [0.15, 0.2) is 0 Å². The van der Waals surface area contributed by atoms with E-state index < -0.39 is 39.6 Å². The van der Waals surface area contributed by atoms with Gasteiger partial charge < -0.3 is 0 Å². The van der Waals surface area contributed by atoms with Crippen molar-refractivity contribution in [3.63, 3.8) is 0 Å². The first-order valence-corrected chi connectivity index (χ1v) is 5.18. The van der Waals surface area contributed by atoms with Gasteiger partial charge in [0.2, 0.25) is 6.04 Å². The van der Waals surface area contributed by atoms with E-state index in [1.54, 1.807) is 0 Å². The molecule has 1 aliphatic carbocycles. The maximum atomic E-state index is 12.6. The van der Waals surface area contributed by atoms with Crippen molar-refractivity contribution in [2.24, 2.45) is 5.92 Å². The Morgan fingerprint density at radius 3 is 2.11 bits per heavy atom. The van der Waals surface area contributed by atoms with E-state index in [0.29, 0.717) is 0 Å². The van der Waals surface area contributed by atoms with Crippen LogP contribution in [0.25, 0.3) is 0 Å². The summed E-state index contributed by atoms with van der Waals surface area (Å²) in [5.74, 6) is -3.65. The van der Waals surface area contributed by atoms with Gasteiger partial charge in [-0.1, -0.05) is 18.2 Å². The minimum atomic E-state index is -4.74. The van der Waals surface area contributed by atoms with E-state index in [4.69, 9.17) is 0 Å². The van der Waals surface area contributed by atoms with Gasteiger partial charge >= 0.3 is 6.18 Å². The van der Waals surface area contributed by atoms with Gasteiger partial charge in [0, 0.05) is 16.6 Å². The first-order valence-electron chi connectivity index (χ1n) is 5.18. The fraction of sp³-hybridized carbons (Fsp3) is 0.400. The minimum absolute atomic E-state index is 0.239. The lowest BCUT2D eigenvalue weighted by atomic mass is 10.1. The number of halogens is 3. The molecule has 0 bridgehead atoms. The van der Waals surface area contributed by atoms with Crippen LogP contribution in [-0.2, 0) is 0 Å². The summed E-state index contributed by atoms with van der Waals surface area (Å²) in [4.78, 5) is 19.5. The van der Waals surface area contributed by atoms with Crippen molar-refractivity contribution in [1.82, 2.24) is 0 Å². The van der Waals surface area contributed by atoms with Gasteiger partial charge in [0.25, 0.3) is 5.69 Å². The van der Waals surface area contributed by atoms with Gasteiger partial charge in [-0.05, 0) is 0 Å². The highest BCUT2D eigenvalue weighted by Crippen LogP contribution is 2.59. The van der Waals surface area contributed by atoms with Crippen molar-refractivity contribution in [2.45, 2.75) is 18.1 Å². The van der Waals surface area contributed by atoms with E-state index in [1.165, 1.54) is 12.1 Å². The smallest absolute Gasteiger partial charge is 0.264 e. The van der Waals surface area contributed by atoms with Gasteiger partial charge in [-0.25, -0.2) is 0 Å². The molecule has 19 heavy (non-hydrogen) atoms. The summed E-state index contributed by atoms with van der Waals surface area (Å²) in [6.45, 7) is 0. The van der Waals surface area contributed by atoms with Crippen LogP contribution in [-0.4, -0.2) is 22.1 Å². The fourth-order valence-electron chi connectivity index (χ4n) is 2.27. The molecule has 0 spiro atoms. The first-order chi connectivity index (χ1) is 8.75. The van der Waals surface area contributed by atoms with Crippen LogP contribution in [0.3, 0.4) is 0 Å². The largest absolute Gasteiger partial charge is 0.399 e. The number of nitro benzene ring substituents is 1. The van der Waals surface area contributed by atoms with Gasteiger partial charge in [0.05, 0.1) is 10.8 Å². The lowest BCUT2D eigenvalue weighted by Gasteiger charge is -2.03. The molecule has 102 valence electrons. The van der Waals surface area contributed by atoms with E-state index in [2.05, 4.69) is 0 Å². The Bertz CT molecular complexity index is 546. The average molecular weight is 276 g/mol. The monoisotopic (exact) mass is 276 g/mol. The second-order valence-electron chi connectivity index (χ2n) is 4.19. The Morgan fingerprint density at radius 2 is 1.68 bits per heavy atom. The van der Waals surface area contributed by atoms with Crippen LogP contribution in [0, 0.1) is 26.1 Å². The number of hydrogen-bond acceptors (Lipinski definition) is 4. The van der Waals surface area contributed by atoms with Crippen LogP contribution < -0.4 is 0 Å². The van der Waals surface area contributed by atoms with Crippen molar-refractivity contribution in [2.75, 3.05) is 0 Å². The number of alkyl halides is 3. The molecule has 0 amide bonds. The fourth-order valence-corrected chi connectivity index (χ4v) is 2.27. The van der Waals surface area contributed by atoms with Crippen molar-refractivity contribution in [3.8, 4) is 0 Å². The molecule has 1 aliphatic rings. The van der Waals surface area contributed by atoms with Crippen LogP contribution in [0.15, 0.2) is 24.3 Å². The number of nitro groups is 2. The standard InChI is InChI=1S/C10H7F3N2O4/c11-10(12,13)8-7(9(8)15(18)19)5-3-1-2-4-6(5)14(16)17/h1-4,7-9H/t7-,8+,9+/m0/s1. The predicted molar refractivity (Wildman–Crippen MR) is 56.2 cm³/mol. The normalized spacial score (nSPS) is 25.9. The molecule has 0 aliphatic heterocycles. The van der Waals surface area contributed by atoms with Crippen molar-refractivity contribution in [3.05, 3.63) is 50.1 Å². The molecule has 9 heteroatoms. The molecular weight excluding hydrogens is 269 g/mol. The SMILES string of the molecule is O=[N+]([O-])c1ccccc1[C@@H]1[C@@H]([N+](=O)[O-])[C@@H]1C(F)(F)F. The number of rotatable bonds is 3. The van der Waals surface area contributed by atoms with Gasteiger partial charge in [-0.3, -0.25) is 20.2 Å². The minimum Gasteiger partial charge on any atom is -0.264 e. The third-order valence-corrected chi connectivity index (χ3v) is 3.10. The summed E-state index contributed by atoms with van der Waals surface area (Å²) in [6, 6.07) is 2.95. The summed E-state index contributed by atoms with van der Waals surface area (Å²) in [6.07, 6.45) is -4.74. The Morgan fingerprint density at radius 1 is 1.11 bits per heavy atom. The molecule has 1 saturated carbocycles. The van der Waals surface area contributed by atoms with Crippen LogP contribution >= 0.6 is 0 Å². The molecule has 3 atom stereocenters. The molecule has 0 unspecified atom stereocenters. The number of benzene rings is 1. The molecule has 1 fully saturated rings. The Hall–Kier alpha value is -2.19. The summed E-state index contributed by atoms with van der Waals surface area (Å²) in [7, 11) is 0. The molecule has 1 aromatic rings. The van der Waals surface area contributed by atoms with E-state index in [0.717, 1.165) is 12.1 Å². The Labute approximate surface area is 104 Å². The van der Waals surface area contributed by atoms with Gasteiger partial charge in [-0.15, -0.1) is 0 Å². The van der Waals surface area contributed by atoms with E-state index in [9.17, 15) is 33.4 Å².